The Labute approximate surface area is 182 Å². The average Bonchev–Trinajstić information content (AvgIpc) is 3.41. The molecule has 3 heterocycles. The zero-order chi connectivity index (χ0) is 21.8. The number of hydrogen-bond acceptors (Lipinski definition) is 3. The van der Waals surface area contributed by atoms with E-state index in [1.807, 2.05) is 54.6 Å². The molecule has 0 saturated heterocycles. The molecule has 0 saturated carbocycles. The molecular formula is C25H27N5O. The molecule has 31 heavy (non-hydrogen) atoms. The van der Waals surface area contributed by atoms with Crippen molar-refractivity contribution in [3.63, 3.8) is 0 Å². The molecule has 0 atom stereocenters. The van der Waals surface area contributed by atoms with Gasteiger partial charge in [0.05, 0.1) is 5.69 Å². The molecule has 0 fully saturated rings. The number of hydrogen-bond donors (Lipinski definition) is 2. The van der Waals surface area contributed by atoms with Crippen LogP contribution in [0.3, 0.4) is 0 Å². The van der Waals surface area contributed by atoms with Crippen molar-refractivity contribution in [3.05, 3.63) is 84.3 Å². The maximum absolute atomic E-state index is 12.7. The highest BCUT2D eigenvalue weighted by atomic mass is 16.1. The second-order valence-electron chi connectivity index (χ2n) is 8.58. The number of aromatic nitrogens is 4. The number of anilines is 1. The van der Waals surface area contributed by atoms with E-state index in [1.165, 1.54) is 0 Å². The lowest BCUT2D eigenvalue weighted by Gasteiger charge is -2.13. The molecule has 0 aliphatic rings. The molecule has 0 radical (unpaired) electrons. The van der Waals surface area contributed by atoms with Crippen molar-refractivity contribution in [3.8, 4) is 17.1 Å². The number of aromatic amines is 1. The number of nitrogens with one attached hydrogen (secondary N) is 2. The summed E-state index contributed by atoms with van der Waals surface area (Å²) in [6, 6.07) is 21.8. The molecule has 1 amide bonds. The second kappa shape index (κ2) is 8.60. The Morgan fingerprint density at radius 1 is 1.03 bits per heavy atom. The first-order chi connectivity index (χ1) is 14.9. The minimum absolute atomic E-state index is 0.0617. The molecule has 6 heteroatoms. The number of H-pyrrole nitrogens is 1. The van der Waals surface area contributed by atoms with Crippen LogP contribution in [-0.4, -0.2) is 25.7 Å². The van der Waals surface area contributed by atoms with E-state index in [2.05, 4.69) is 48.2 Å². The Hall–Kier alpha value is -3.67. The Balaban J connectivity index is 1.46. The smallest absolute Gasteiger partial charge is 0.225 e. The fourth-order valence-electron chi connectivity index (χ4n) is 3.32. The van der Waals surface area contributed by atoms with Gasteiger partial charge in [0.15, 0.2) is 5.82 Å². The van der Waals surface area contributed by atoms with E-state index in [0.29, 0.717) is 24.5 Å². The third-order valence-corrected chi connectivity index (χ3v) is 5.06. The number of rotatable bonds is 6. The van der Waals surface area contributed by atoms with Crippen molar-refractivity contribution >= 4 is 11.7 Å². The van der Waals surface area contributed by atoms with Crippen LogP contribution in [0, 0.1) is 0 Å². The lowest BCUT2D eigenvalue weighted by Crippen LogP contribution is -2.16. The fraction of sp³-hybridized carbons (Fsp3) is 0.240. The van der Waals surface area contributed by atoms with Gasteiger partial charge in [-0.25, -0.2) is 4.98 Å². The molecule has 6 nitrogen and oxygen atoms in total. The number of pyridine rings is 1. The summed E-state index contributed by atoms with van der Waals surface area (Å²) in [7, 11) is 0. The maximum Gasteiger partial charge on any atom is 0.225 e. The molecule has 158 valence electrons. The van der Waals surface area contributed by atoms with Gasteiger partial charge in [-0.05, 0) is 36.2 Å². The second-order valence-corrected chi connectivity index (χ2v) is 8.58. The van der Waals surface area contributed by atoms with Gasteiger partial charge in [-0.15, -0.1) is 0 Å². The largest absolute Gasteiger partial charge is 0.358 e. The summed E-state index contributed by atoms with van der Waals surface area (Å²) in [4.78, 5) is 20.5. The van der Waals surface area contributed by atoms with Crippen molar-refractivity contribution in [2.24, 2.45) is 0 Å². The Bertz CT molecular complexity index is 1150. The van der Waals surface area contributed by atoms with Gasteiger partial charge in [-0.1, -0.05) is 57.2 Å². The minimum atomic E-state index is -0.141. The van der Waals surface area contributed by atoms with Crippen LogP contribution in [0.4, 0.5) is 5.82 Å². The summed E-state index contributed by atoms with van der Waals surface area (Å²) in [5.41, 5.74) is 3.97. The summed E-state index contributed by atoms with van der Waals surface area (Å²) in [5.74, 6) is 1.24. The summed E-state index contributed by atoms with van der Waals surface area (Å²) in [6.07, 6.45) is 2.71. The van der Waals surface area contributed by atoms with Crippen LogP contribution in [0.1, 0.15) is 38.6 Å². The minimum Gasteiger partial charge on any atom is -0.358 e. The summed E-state index contributed by atoms with van der Waals surface area (Å²) in [5, 5.41) is 7.71. The predicted octanol–water partition coefficient (Wildman–Crippen LogP) is 5.13. The Kier molecular flexibility index (Phi) is 5.71. The van der Waals surface area contributed by atoms with E-state index in [0.717, 1.165) is 22.6 Å². The molecule has 0 aliphatic heterocycles. The molecule has 0 aliphatic carbocycles. The van der Waals surface area contributed by atoms with E-state index in [1.54, 1.807) is 10.9 Å². The van der Waals surface area contributed by atoms with Gasteiger partial charge in [0.25, 0.3) is 0 Å². The van der Waals surface area contributed by atoms with Crippen molar-refractivity contribution in [1.82, 2.24) is 19.7 Å². The van der Waals surface area contributed by atoms with E-state index in [4.69, 9.17) is 5.10 Å². The van der Waals surface area contributed by atoms with Gasteiger partial charge in [-0.3, -0.25) is 4.79 Å². The van der Waals surface area contributed by atoms with Crippen LogP contribution in [0.5, 0.6) is 0 Å². The normalized spacial score (nSPS) is 11.5. The van der Waals surface area contributed by atoms with Crippen LogP contribution in [0.2, 0.25) is 0 Å². The van der Waals surface area contributed by atoms with Crippen molar-refractivity contribution in [2.75, 3.05) is 5.32 Å². The lowest BCUT2D eigenvalue weighted by atomic mass is 9.92. The fourth-order valence-corrected chi connectivity index (χ4v) is 3.32. The quantitative estimate of drug-likeness (QED) is 0.460. The maximum atomic E-state index is 12.7. The summed E-state index contributed by atoms with van der Waals surface area (Å²) >= 11 is 0. The molecule has 3 aromatic heterocycles. The van der Waals surface area contributed by atoms with Gasteiger partial charge in [0.2, 0.25) is 5.91 Å². The summed E-state index contributed by atoms with van der Waals surface area (Å²) < 4.78 is 1.70. The van der Waals surface area contributed by atoms with Gasteiger partial charge < -0.3 is 10.3 Å². The first-order valence-corrected chi connectivity index (χ1v) is 10.5. The van der Waals surface area contributed by atoms with Crippen molar-refractivity contribution in [2.45, 2.75) is 39.0 Å². The highest BCUT2D eigenvalue weighted by Crippen LogP contribution is 2.26. The van der Waals surface area contributed by atoms with Crippen LogP contribution < -0.4 is 5.32 Å². The van der Waals surface area contributed by atoms with Crippen LogP contribution in [0.15, 0.2) is 72.9 Å². The highest BCUT2D eigenvalue weighted by molar-refractivity contribution is 5.90. The summed E-state index contributed by atoms with van der Waals surface area (Å²) in [6.45, 7) is 6.29. The topological polar surface area (TPSA) is 75.6 Å². The Morgan fingerprint density at radius 3 is 2.52 bits per heavy atom. The van der Waals surface area contributed by atoms with Crippen LogP contribution in [0.25, 0.3) is 17.1 Å². The van der Waals surface area contributed by atoms with Gasteiger partial charge in [-0.2, -0.15) is 9.78 Å². The SMILES string of the molecule is CC(C)(C)c1cc(NC(=O)CCc2ccc(-c3ccccc3)[nH]2)n(-c2ccccn2)n1. The molecule has 0 unspecified atom stereocenters. The monoisotopic (exact) mass is 413 g/mol. The first-order valence-electron chi connectivity index (χ1n) is 10.5. The molecule has 0 bridgehead atoms. The van der Waals surface area contributed by atoms with Crippen molar-refractivity contribution < 1.29 is 4.79 Å². The van der Waals surface area contributed by atoms with Gasteiger partial charge >= 0.3 is 0 Å². The van der Waals surface area contributed by atoms with E-state index >= 15 is 0 Å². The van der Waals surface area contributed by atoms with E-state index in [9.17, 15) is 4.79 Å². The first kappa shape index (κ1) is 20.6. The average molecular weight is 414 g/mol. The third kappa shape index (κ3) is 4.91. The molecule has 4 rings (SSSR count). The van der Waals surface area contributed by atoms with Crippen molar-refractivity contribution in [1.29, 1.82) is 0 Å². The lowest BCUT2D eigenvalue weighted by molar-refractivity contribution is -0.116. The number of benzene rings is 1. The zero-order valence-electron chi connectivity index (χ0n) is 18.1. The van der Waals surface area contributed by atoms with Gasteiger partial charge in [0.1, 0.15) is 5.82 Å². The zero-order valence-corrected chi connectivity index (χ0v) is 18.1. The number of carbonyl (C=O) groups is 1. The van der Waals surface area contributed by atoms with E-state index < -0.39 is 0 Å². The highest BCUT2D eigenvalue weighted by Gasteiger charge is 2.21. The standard InChI is InChI=1S/C25H27N5O/c1-25(2,3)21-17-23(30(29-21)22-11-7-8-16-26-22)28-24(31)15-13-19-12-14-20(27-19)18-9-5-4-6-10-18/h4-12,14,16-17,27H,13,15H2,1-3H3,(H,28,31). The number of nitrogens with zero attached hydrogens (tertiary/aromatic N) is 3. The number of carbonyl (C=O) groups excluding carboxylic acids is 1. The molecule has 0 spiro atoms. The molecular weight excluding hydrogens is 386 g/mol. The third-order valence-electron chi connectivity index (χ3n) is 5.06. The van der Waals surface area contributed by atoms with Crippen LogP contribution in [-0.2, 0) is 16.6 Å². The predicted molar refractivity (Wildman–Crippen MR) is 123 cm³/mol. The van der Waals surface area contributed by atoms with Gasteiger partial charge in [0, 0.05) is 35.5 Å². The van der Waals surface area contributed by atoms with Crippen LogP contribution >= 0.6 is 0 Å². The molecule has 1 aromatic carbocycles. The molecule has 4 aromatic rings. The molecule has 2 N–H and O–H groups in total. The Morgan fingerprint density at radius 2 is 1.81 bits per heavy atom. The van der Waals surface area contributed by atoms with E-state index in [-0.39, 0.29) is 11.3 Å². The number of aryl methyl sites for hydroxylation is 1. The number of amides is 1.